The van der Waals surface area contributed by atoms with Crippen molar-refractivity contribution >= 4 is 0 Å². The van der Waals surface area contributed by atoms with Gasteiger partial charge < -0.3 is 9.96 Å². The second-order valence-corrected chi connectivity index (χ2v) is 2.74. The van der Waals surface area contributed by atoms with Gasteiger partial charge >= 0.3 is 0 Å². The van der Waals surface area contributed by atoms with Crippen LogP contribution in [0.15, 0.2) is 0 Å². The third-order valence-corrected chi connectivity index (χ3v) is 1.53. The molecule has 1 rings (SSSR count). The summed E-state index contributed by atoms with van der Waals surface area (Å²) in [7, 11) is 4.53. The molecule has 1 heterocycles. The molecule has 1 aliphatic rings. The molecule has 1 N–H and O–H groups in total. The van der Waals surface area contributed by atoms with Gasteiger partial charge in [-0.15, -0.1) is 0 Å². The minimum Gasteiger partial charge on any atom is -0.870 e. The number of rotatable bonds is 0. The molecular formula is C5H13NO. The Morgan fingerprint density at radius 3 is 1.43 bits per heavy atom. The van der Waals surface area contributed by atoms with Crippen molar-refractivity contribution in [3.63, 3.8) is 0 Å². The van der Waals surface area contributed by atoms with E-state index >= 15 is 0 Å². The molecule has 0 aromatic carbocycles. The van der Waals surface area contributed by atoms with E-state index in [2.05, 4.69) is 14.1 Å². The van der Waals surface area contributed by atoms with Crippen molar-refractivity contribution in [1.29, 1.82) is 0 Å². The van der Waals surface area contributed by atoms with Gasteiger partial charge in [-0.2, -0.15) is 0 Å². The molecule has 0 saturated carbocycles. The van der Waals surface area contributed by atoms with Crippen LogP contribution in [0.25, 0.3) is 0 Å². The fraction of sp³-hybridized carbons (Fsp3) is 1.00. The monoisotopic (exact) mass is 103 g/mol. The topological polar surface area (TPSA) is 30.0 Å². The van der Waals surface area contributed by atoms with Gasteiger partial charge in [0.25, 0.3) is 0 Å². The molecular weight excluding hydrogens is 90.1 g/mol. The molecule has 0 aliphatic carbocycles. The summed E-state index contributed by atoms with van der Waals surface area (Å²) in [6.45, 7) is 2.78. The average Bonchev–Trinajstić information content (AvgIpc) is 1.32. The highest BCUT2D eigenvalue weighted by Gasteiger charge is 2.23. The van der Waals surface area contributed by atoms with Crippen molar-refractivity contribution in [2.75, 3.05) is 27.2 Å². The van der Waals surface area contributed by atoms with Crippen LogP contribution in [0.1, 0.15) is 6.42 Å². The third-order valence-electron chi connectivity index (χ3n) is 1.53. The second kappa shape index (κ2) is 1.80. The van der Waals surface area contributed by atoms with Crippen LogP contribution in [0.3, 0.4) is 0 Å². The quantitative estimate of drug-likeness (QED) is 0.405. The molecule has 0 radical (unpaired) electrons. The Kier molecular flexibility index (Phi) is 1.78. The van der Waals surface area contributed by atoms with Crippen molar-refractivity contribution in [3.8, 4) is 0 Å². The standard InChI is InChI=1S/C5H12N.H2O/c1-6(2)4-3-5-6;/h3-5H2,1-2H3;1H2/q+1;/p-1. The molecule has 0 atom stereocenters. The van der Waals surface area contributed by atoms with Gasteiger partial charge in [-0.05, 0) is 0 Å². The van der Waals surface area contributed by atoms with E-state index in [4.69, 9.17) is 0 Å². The van der Waals surface area contributed by atoms with Gasteiger partial charge in [0.2, 0.25) is 0 Å². The summed E-state index contributed by atoms with van der Waals surface area (Å²) in [5, 5.41) is 0. The van der Waals surface area contributed by atoms with E-state index in [1.807, 2.05) is 0 Å². The highest BCUT2D eigenvalue weighted by atomic mass is 16.0. The number of hydrogen-bond donors (Lipinski definition) is 0. The molecule has 1 saturated heterocycles. The summed E-state index contributed by atoms with van der Waals surface area (Å²) < 4.78 is 1.25. The first-order valence-electron chi connectivity index (χ1n) is 2.53. The maximum atomic E-state index is 2.27. The van der Waals surface area contributed by atoms with Crippen LogP contribution < -0.4 is 0 Å². The lowest BCUT2D eigenvalue weighted by Gasteiger charge is -2.37. The van der Waals surface area contributed by atoms with Gasteiger partial charge in [-0.25, -0.2) is 0 Å². The minimum absolute atomic E-state index is 0. The minimum atomic E-state index is 0. The first-order valence-corrected chi connectivity index (χ1v) is 2.53. The van der Waals surface area contributed by atoms with E-state index < -0.39 is 0 Å². The first kappa shape index (κ1) is 6.92. The van der Waals surface area contributed by atoms with Crippen LogP contribution in [0.2, 0.25) is 0 Å². The predicted molar refractivity (Wildman–Crippen MR) is 28.4 cm³/mol. The first-order chi connectivity index (χ1) is 2.71. The Labute approximate surface area is 44.6 Å². The zero-order valence-electron chi connectivity index (χ0n) is 5.02. The average molecular weight is 103 g/mol. The third kappa shape index (κ3) is 1.45. The summed E-state index contributed by atoms with van der Waals surface area (Å²) >= 11 is 0. The maximum absolute atomic E-state index is 2.27. The number of nitrogens with zero attached hydrogens (tertiary/aromatic N) is 1. The summed E-state index contributed by atoms with van der Waals surface area (Å²) in [6, 6.07) is 0. The summed E-state index contributed by atoms with van der Waals surface area (Å²) in [5.74, 6) is 0. The van der Waals surface area contributed by atoms with Crippen LogP contribution >= 0.6 is 0 Å². The lowest BCUT2D eigenvalue weighted by atomic mass is 10.2. The lowest BCUT2D eigenvalue weighted by molar-refractivity contribution is -0.927. The number of likely N-dealkylation sites (tertiary alicyclic amines) is 1. The Morgan fingerprint density at radius 2 is 1.43 bits per heavy atom. The number of quaternary nitrogens is 1. The largest absolute Gasteiger partial charge is 0.870 e. The van der Waals surface area contributed by atoms with Crippen molar-refractivity contribution < 1.29 is 9.96 Å². The summed E-state index contributed by atoms with van der Waals surface area (Å²) in [4.78, 5) is 0. The molecule has 0 bridgehead atoms. The molecule has 0 aromatic rings. The molecule has 2 nitrogen and oxygen atoms in total. The Balaban J connectivity index is 0.000000360. The SMILES string of the molecule is C[N+]1(C)CCC1.[OH-]. The Morgan fingerprint density at radius 1 is 1.14 bits per heavy atom. The summed E-state index contributed by atoms with van der Waals surface area (Å²) in [6.07, 6.45) is 1.44. The molecule has 0 spiro atoms. The van der Waals surface area contributed by atoms with Gasteiger partial charge in [0.15, 0.2) is 0 Å². The van der Waals surface area contributed by atoms with E-state index in [1.54, 1.807) is 0 Å². The molecule has 0 amide bonds. The molecule has 1 aliphatic heterocycles. The van der Waals surface area contributed by atoms with Gasteiger partial charge in [0.1, 0.15) is 0 Å². The van der Waals surface area contributed by atoms with Crippen LogP contribution in [-0.4, -0.2) is 37.1 Å². The Bertz CT molecular complexity index is 55.1. The van der Waals surface area contributed by atoms with Gasteiger partial charge in [-0.1, -0.05) is 0 Å². The smallest absolute Gasteiger partial charge is 0.0836 e. The van der Waals surface area contributed by atoms with Crippen LogP contribution in [0.4, 0.5) is 0 Å². The zero-order valence-corrected chi connectivity index (χ0v) is 5.02. The van der Waals surface area contributed by atoms with Gasteiger partial charge in [0.05, 0.1) is 27.2 Å². The van der Waals surface area contributed by atoms with E-state index in [9.17, 15) is 0 Å². The normalized spacial score (nSPS) is 24.9. The van der Waals surface area contributed by atoms with Crippen LogP contribution in [0.5, 0.6) is 0 Å². The highest BCUT2D eigenvalue weighted by molar-refractivity contribution is 4.45. The molecule has 1 fully saturated rings. The fourth-order valence-corrected chi connectivity index (χ4v) is 0.791. The van der Waals surface area contributed by atoms with Crippen molar-refractivity contribution in [2.24, 2.45) is 0 Å². The fourth-order valence-electron chi connectivity index (χ4n) is 0.791. The van der Waals surface area contributed by atoms with E-state index in [1.165, 1.54) is 24.0 Å². The predicted octanol–water partition coefficient (Wildman–Crippen LogP) is 0.290. The van der Waals surface area contributed by atoms with Crippen molar-refractivity contribution in [1.82, 2.24) is 0 Å². The van der Waals surface area contributed by atoms with Crippen molar-refractivity contribution in [3.05, 3.63) is 0 Å². The number of hydrogen-bond acceptors (Lipinski definition) is 1. The molecule has 7 heavy (non-hydrogen) atoms. The summed E-state index contributed by atoms with van der Waals surface area (Å²) in [5.41, 5.74) is 0. The highest BCUT2D eigenvalue weighted by Crippen LogP contribution is 2.10. The molecule has 0 aromatic heterocycles. The molecule has 44 valence electrons. The van der Waals surface area contributed by atoms with Gasteiger partial charge in [-0.3, -0.25) is 0 Å². The van der Waals surface area contributed by atoms with Crippen LogP contribution in [0, 0.1) is 0 Å². The lowest BCUT2D eigenvalue weighted by Crippen LogP contribution is -2.50. The zero-order chi connectivity index (χ0) is 4.62. The van der Waals surface area contributed by atoms with E-state index in [0.29, 0.717) is 0 Å². The van der Waals surface area contributed by atoms with Crippen LogP contribution in [-0.2, 0) is 0 Å². The second-order valence-electron chi connectivity index (χ2n) is 2.74. The van der Waals surface area contributed by atoms with Crippen molar-refractivity contribution in [2.45, 2.75) is 6.42 Å². The van der Waals surface area contributed by atoms with Gasteiger partial charge in [0, 0.05) is 6.42 Å². The molecule has 0 unspecified atom stereocenters. The van der Waals surface area contributed by atoms with E-state index in [-0.39, 0.29) is 5.48 Å². The van der Waals surface area contributed by atoms with E-state index in [0.717, 1.165) is 0 Å². The maximum Gasteiger partial charge on any atom is 0.0836 e. The Hall–Kier alpha value is -0.0800. The molecule has 2 heteroatoms.